The number of aliphatic carboxylic acids is 1. The number of allylic oxidation sites excluding steroid dienone is 16. The molecule has 0 aromatic carbocycles. The molecule has 4 N–H and O–H groups in total. The Balaban J connectivity index is 4.58. The van der Waals surface area contributed by atoms with Crippen LogP contribution in [0.4, 0.5) is 0 Å². The molecule has 0 bridgehead atoms. The molecule has 0 aliphatic rings. The molecule has 59 heavy (non-hydrogen) atoms. The van der Waals surface area contributed by atoms with E-state index in [4.69, 9.17) is 24.8 Å². The topological polar surface area (TPSA) is 189 Å². The molecular weight excluding hydrogens is 773 g/mol. The Morgan fingerprint density at radius 1 is 0.593 bits per heavy atom. The third-order valence-electron chi connectivity index (χ3n) is 8.29. The van der Waals surface area contributed by atoms with Crippen LogP contribution in [-0.4, -0.2) is 65.7 Å². The predicted octanol–water partition coefficient (Wildman–Crippen LogP) is 10.5. The number of carboxylic acid groups (broad SMARTS) is 1. The summed E-state index contributed by atoms with van der Waals surface area (Å²) in [5.74, 6) is -2.39. The van der Waals surface area contributed by atoms with Gasteiger partial charge in [0.25, 0.3) is 0 Å². The molecule has 0 fully saturated rings. The summed E-state index contributed by atoms with van der Waals surface area (Å²) in [6, 6.07) is -1.55. The number of phosphoric acid groups is 1. The van der Waals surface area contributed by atoms with E-state index in [1.54, 1.807) is 12.2 Å². The van der Waals surface area contributed by atoms with Crippen molar-refractivity contribution >= 4 is 31.5 Å². The molecule has 12 nitrogen and oxygen atoms in total. The van der Waals surface area contributed by atoms with Crippen molar-refractivity contribution in [3.63, 3.8) is 0 Å². The van der Waals surface area contributed by atoms with E-state index in [1.807, 2.05) is 36.5 Å². The van der Waals surface area contributed by atoms with Gasteiger partial charge in [-0.25, -0.2) is 4.57 Å². The van der Waals surface area contributed by atoms with Gasteiger partial charge in [-0.3, -0.25) is 28.2 Å². The Morgan fingerprint density at radius 3 is 1.73 bits per heavy atom. The summed E-state index contributed by atoms with van der Waals surface area (Å²) in [5, 5.41) is 8.88. The minimum absolute atomic E-state index is 0.0473. The molecule has 0 rings (SSSR count). The first kappa shape index (κ1) is 55.1. The van der Waals surface area contributed by atoms with Gasteiger partial charge in [0.05, 0.1) is 13.2 Å². The Labute approximate surface area is 353 Å². The molecule has 0 amide bonds. The van der Waals surface area contributed by atoms with Crippen molar-refractivity contribution in [3.8, 4) is 0 Å². The number of hydrogen-bond donors (Lipinski definition) is 3. The van der Waals surface area contributed by atoms with Crippen molar-refractivity contribution in [2.45, 2.75) is 148 Å². The van der Waals surface area contributed by atoms with Gasteiger partial charge in [-0.2, -0.15) is 0 Å². The number of carbonyl (C=O) groups is 4. The maximum absolute atomic E-state index is 12.6. The first-order chi connectivity index (χ1) is 28.5. The van der Waals surface area contributed by atoms with Crippen LogP contribution in [0.5, 0.6) is 0 Å². The zero-order chi connectivity index (χ0) is 43.7. The number of unbranched alkanes of at least 4 members (excludes halogenated alkanes) is 7. The summed E-state index contributed by atoms with van der Waals surface area (Å²) in [5.41, 5.74) is 5.32. The third kappa shape index (κ3) is 39.3. The van der Waals surface area contributed by atoms with E-state index >= 15 is 0 Å². The molecule has 0 saturated carbocycles. The average Bonchev–Trinajstić information content (AvgIpc) is 3.20. The minimum atomic E-state index is -4.76. The summed E-state index contributed by atoms with van der Waals surface area (Å²) in [6.07, 6.45) is 46.1. The van der Waals surface area contributed by atoms with Crippen LogP contribution in [0.3, 0.4) is 0 Å². The molecule has 0 aromatic rings. The van der Waals surface area contributed by atoms with E-state index in [-0.39, 0.29) is 18.6 Å². The molecule has 0 spiro atoms. The maximum atomic E-state index is 12.6. The summed E-state index contributed by atoms with van der Waals surface area (Å²) in [4.78, 5) is 57.6. The molecule has 332 valence electrons. The van der Waals surface area contributed by atoms with Gasteiger partial charge in [0.1, 0.15) is 12.6 Å². The average molecular weight is 846 g/mol. The fourth-order valence-electron chi connectivity index (χ4n) is 4.94. The third-order valence-corrected chi connectivity index (χ3v) is 9.24. The molecule has 0 aliphatic heterocycles. The first-order valence-electron chi connectivity index (χ1n) is 21.2. The molecule has 3 atom stereocenters. The van der Waals surface area contributed by atoms with Crippen LogP contribution in [0, 0.1) is 0 Å². The second kappa shape index (κ2) is 39.5. The van der Waals surface area contributed by atoms with Gasteiger partial charge in [-0.1, -0.05) is 131 Å². The van der Waals surface area contributed by atoms with E-state index in [1.165, 1.54) is 0 Å². The van der Waals surface area contributed by atoms with Crippen LogP contribution in [0.2, 0.25) is 0 Å². The first-order valence-corrected chi connectivity index (χ1v) is 22.7. The highest BCUT2D eigenvalue weighted by Gasteiger charge is 2.28. The molecule has 0 aromatic heterocycles. The van der Waals surface area contributed by atoms with Crippen molar-refractivity contribution in [2.75, 3.05) is 19.8 Å². The highest BCUT2D eigenvalue weighted by molar-refractivity contribution is 7.47. The molecule has 1 unspecified atom stereocenters. The number of carboxylic acids is 1. The van der Waals surface area contributed by atoms with E-state index in [9.17, 15) is 28.6 Å². The largest absolute Gasteiger partial charge is 0.480 e. The Morgan fingerprint density at radius 2 is 1.12 bits per heavy atom. The zero-order valence-electron chi connectivity index (χ0n) is 35.5. The molecular formula is C46H72NO11P. The monoisotopic (exact) mass is 845 g/mol. The van der Waals surface area contributed by atoms with Crippen LogP contribution in [0.1, 0.15) is 136 Å². The van der Waals surface area contributed by atoms with Crippen molar-refractivity contribution in [1.29, 1.82) is 0 Å². The number of rotatable bonds is 38. The highest BCUT2D eigenvalue weighted by Crippen LogP contribution is 2.43. The Kier molecular flexibility index (Phi) is 36.9. The number of hydrogen-bond acceptors (Lipinski definition) is 10. The fourth-order valence-corrected chi connectivity index (χ4v) is 5.72. The molecule has 0 aliphatic carbocycles. The smallest absolute Gasteiger partial charge is 0.472 e. The number of phosphoric ester groups is 1. The number of ketones is 1. The highest BCUT2D eigenvalue weighted by atomic mass is 31.2. The second-order valence-electron chi connectivity index (χ2n) is 13.8. The van der Waals surface area contributed by atoms with Gasteiger partial charge in [0.2, 0.25) is 0 Å². The van der Waals surface area contributed by atoms with Gasteiger partial charge in [0, 0.05) is 19.3 Å². The Bertz CT molecular complexity index is 1430. The summed E-state index contributed by atoms with van der Waals surface area (Å²) in [6.45, 7) is 2.41. The van der Waals surface area contributed by atoms with Crippen molar-refractivity contribution < 1.29 is 52.3 Å². The van der Waals surface area contributed by atoms with Gasteiger partial charge in [-0.15, -0.1) is 0 Å². The number of ether oxygens (including phenoxy) is 2. The number of esters is 2. The quantitative estimate of drug-likeness (QED) is 0.0133. The van der Waals surface area contributed by atoms with Crippen molar-refractivity contribution in [3.05, 3.63) is 97.2 Å². The van der Waals surface area contributed by atoms with Crippen LogP contribution >= 0.6 is 7.82 Å². The van der Waals surface area contributed by atoms with Crippen LogP contribution < -0.4 is 5.73 Å². The van der Waals surface area contributed by atoms with Gasteiger partial charge in [0.15, 0.2) is 11.9 Å². The standard InChI is InChI=1S/C46H72NO11P/c1-3-5-7-8-9-10-11-12-13-14-15-16-19-22-25-28-32-36-44(49)55-38-42(39-56-59(53,54)57-40-43(47)46(51)52)58-45(50)37-33-29-26-23-20-17-18-21-24-27-31-35-41(48)34-30-6-4-2/h5,7,9-10,12-13,15-18,23-24,26-27,31,35,42-43H,3-4,6,8,11,14,19-22,25,28-30,32-34,36-40,47H2,1-2H3,(H,51,52)(H,53,54)/b7-5-,10-9-,13-12-,16-15-,18-17-,26-23-,27-24-,35-31+/t42-,43+/m1/s1. The van der Waals surface area contributed by atoms with E-state index in [0.717, 1.165) is 83.5 Å². The second-order valence-corrected chi connectivity index (χ2v) is 15.2. The summed E-state index contributed by atoms with van der Waals surface area (Å²) in [7, 11) is -4.76. The van der Waals surface area contributed by atoms with Crippen LogP contribution in [-0.2, 0) is 42.3 Å². The predicted molar refractivity (Wildman–Crippen MR) is 235 cm³/mol. The maximum Gasteiger partial charge on any atom is 0.472 e. The van der Waals surface area contributed by atoms with Gasteiger partial charge < -0.3 is 25.2 Å². The lowest BCUT2D eigenvalue weighted by atomic mass is 10.1. The minimum Gasteiger partial charge on any atom is -0.480 e. The lowest BCUT2D eigenvalue weighted by Crippen LogP contribution is -2.34. The van der Waals surface area contributed by atoms with Crippen molar-refractivity contribution in [1.82, 2.24) is 0 Å². The van der Waals surface area contributed by atoms with E-state index in [0.29, 0.717) is 25.7 Å². The fraction of sp³-hybridized carbons (Fsp3) is 0.565. The zero-order valence-corrected chi connectivity index (χ0v) is 36.4. The van der Waals surface area contributed by atoms with E-state index in [2.05, 4.69) is 67.0 Å². The van der Waals surface area contributed by atoms with Gasteiger partial charge >= 0.3 is 25.7 Å². The van der Waals surface area contributed by atoms with Crippen LogP contribution in [0.15, 0.2) is 97.2 Å². The van der Waals surface area contributed by atoms with E-state index < -0.39 is 57.7 Å². The van der Waals surface area contributed by atoms with Crippen molar-refractivity contribution in [2.24, 2.45) is 5.73 Å². The van der Waals surface area contributed by atoms with Gasteiger partial charge in [-0.05, 0) is 83.1 Å². The summed E-state index contributed by atoms with van der Waals surface area (Å²) >= 11 is 0. The Hall–Kier alpha value is -3.93. The summed E-state index contributed by atoms with van der Waals surface area (Å²) < 4.78 is 32.5. The molecule has 0 heterocycles. The number of nitrogens with two attached hydrogens (primary N) is 1. The molecule has 0 saturated heterocycles. The molecule has 0 radical (unpaired) electrons. The lowest BCUT2D eigenvalue weighted by molar-refractivity contribution is -0.161. The van der Waals surface area contributed by atoms with Crippen LogP contribution in [0.25, 0.3) is 0 Å². The molecule has 13 heteroatoms. The lowest BCUT2D eigenvalue weighted by Gasteiger charge is -2.20. The SMILES string of the molecule is CC/C=C\C/C=C\C/C=C\C/C=C\CCCCCCC(=O)OC[C@H](COP(=O)(O)OC[C@H](N)C(=O)O)OC(=O)CCC/C=C\C/C=C\C/C=C\C=C\C(=O)CCCCC. The number of carbonyl (C=O) groups excluding carboxylic acids is 3. The normalized spacial score (nSPS) is 14.6.